The second kappa shape index (κ2) is 6.68. The first-order chi connectivity index (χ1) is 13.0. The van der Waals surface area contributed by atoms with Crippen molar-refractivity contribution in [3.8, 4) is 11.1 Å². The standard InChI is InChI=1S/C20H16FN3O3/c21-15-6-4-12(5-7-15)13-2-1-3-14(10-13)19(25)24-9-8-16-17(23-11-22-16)18(24)20(26)27/h1-7,10-11,18H,8-9H2,(H,22,23)(H,26,27)/t18-/m1/s1. The van der Waals surface area contributed by atoms with E-state index >= 15 is 0 Å². The van der Waals surface area contributed by atoms with Crippen LogP contribution in [0.3, 0.4) is 0 Å². The van der Waals surface area contributed by atoms with Crippen LogP contribution in [-0.2, 0) is 11.2 Å². The molecule has 1 atom stereocenters. The summed E-state index contributed by atoms with van der Waals surface area (Å²) in [6.45, 7) is 0.284. The number of benzene rings is 2. The lowest BCUT2D eigenvalue weighted by molar-refractivity contribution is -0.143. The van der Waals surface area contributed by atoms with Crippen molar-refractivity contribution in [1.82, 2.24) is 14.9 Å². The van der Waals surface area contributed by atoms with Crippen LogP contribution in [0.4, 0.5) is 4.39 Å². The SMILES string of the molecule is O=C(O)[C@H]1c2nc[nH]c2CCN1C(=O)c1cccc(-c2ccc(F)cc2)c1. The number of carboxylic acid groups (broad SMARTS) is 1. The van der Waals surface area contributed by atoms with Gasteiger partial charge in [-0.1, -0.05) is 24.3 Å². The average Bonchev–Trinajstić information content (AvgIpc) is 3.16. The molecule has 136 valence electrons. The molecule has 27 heavy (non-hydrogen) atoms. The zero-order valence-electron chi connectivity index (χ0n) is 14.2. The van der Waals surface area contributed by atoms with Crippen LogP contribution in [0.2, 0.25) is 0 Å². The molecule has 0 fully saturated rings. The topological polar surface area (TPSA) is 86.3 Å². The van der Waals surface area contributed by atoms with Crippen molar-refractivity contribution in [3.05, 3.63) is 77.6 Å². The Bertz CT molecular complexity index is 1010. The van der Waals surface area contributed by atoms with Gasteiger partial charge in [-0.05, 0) is 35.4 Å². The summed E-state index contributed by atoms with van der Waals surface area (Å²) >= 11 is 0. The molecule has 2 aromatic carbocycles. The Morgan fingerprint density at radius 2 is 1.93 bits per heavy atom. The lowest BCUT2D eigenvalue weighted by atomic mass is 9.99. The van der Waals surface area contributed by atoms with E-state index in [0.29, 0.717) is 17.7 Å². The Kier molecular flexibility index (Phi) is 4.19. The molecule has 0 bridgehead atoms. The van der Waals surface area contributed by atoms with Crippen LogP contribution in [0.25, 0.3) is 11.1 Å². The number of amides is 1. The molecule has 0 unspecified atom stereocenters. The van der Waals surface area contributed by atoms with E-state index < -0.39 is 12.0 Å². The number of fused-ring (bicyclic) bond motifs is 1. The summed E-state index contributed by atoms with van der Waals surface area (Å²) in [6, 6.07) is 11.7. The second-order valence-electron chi connectivity index (χ2n) is 6.34. The number of nitrogens with one attached hydrogen (secondary N) is 1. The second-order valence-corrected chi connectivity index (χ2v) is 6.34. The average molecular weight is 365 g/mol. The van der Waals surface area contributed by atoms with Crippen LogP contribution in [0, 0.1) is 5.82 Å². The predicted molar refractivity (Wildman–Crippen MR) is 95.5 cm³/mol. The summed E-state index contributed by atoms with van der Waals surface area (Å²) in [5.74, 6) is -1.83. The van der Waals surface area contributed by atoms with Crippen LogP contribution < -0.4 is 0 Å². The predicted octanol–water partition coefficient (Wildman–Crippen LogP) is 3.04. The van der Waals surface area contributed by atoms with Crippen molar-refractivity contribution in [1.29, 1.82) is 0 Å². The highest BCUT2D eigenvalue weighted by atomic mass is 19.1. The van der Waals surface area contributed by atoms with Gasteiger partial charge in [0, 0.05) is 24.2 Å². The fourth-order valence-corrected chi connectivity index (χ4v) is 3.39. The number of nitrogens with zero attached hydrogens (tertiary/aromatic N) is 2. The van der Waals surface area contributed by atoms with Crippen LogP contribution in [0.15, 0.2) is 54.9 Å². The van der Waals surface area contributed by atoms with Crippen LogP contribution in [-0.4, -0.2) is 38.4 Å². The molecule has 2 N–H and O–H groups in total. The van der Waals surface area contributed by atoms with Gasteiger partial charge in [0.1, 0.15) is 5.82 Å². The third-order valence-electron chi connectivity index (χ3n) is 4.71. The molecule has 0 aliphatic carbocycles. The van der Waals surface area contributed by atoms with Crippen molar-refractivity contribution in [2.24, 2.45) is 0 Å². The first-order valence-corrected chi connectivity index (χ1v) is 8.46. The molecule has 0 spiro atoms. The molecule has 1 amide bonds. The Balaban J connectivity index is 1.67. The van der Waals surface area contributed by atoms with E-state index in [1.807, 2.05) is 6.07 Å². The number of aromatic amines is 1. The van der Waals surface area contributed by atoms with Crippen molar-refractivity contribution in [3.63, 3.8) is 0 Å². The van der Waals surface area contributed by atoms with E-state index in [2.05, 4.69) is 9.97 Å². The zero-order chi connectivity index (χ0) is 19.0. The maximum absolute atomic E-state index is 13.1. The number of halogens is 1. The number of carbonyl (C=O) groups is 2. The highest BCUT2D eigenvalue weighted by molar-refractivity contribution is 5.98. The summed E-state index contributed by atoms with van der Waals surface area (Å²) in [4.78, 5) is 33.2. The van der Waals surface area contributed by atoms with Crippen LogP contribution in [0.5, 0.6) is 0 Å². The quantitative estimate of drug-likeness (QED) is 0.747. The molecule has 1 aliphatic rings. The highest BCUT2D eigenvalue weighted by Gasteiger charge is 2.38. The molecule has 2 heterocycles. The third kappa shape index (κ3) is 3.08. The van der Waals surface area contributed by atoms with Gasteiger partial charge < -0.3 is 15.0 Å². The number of rotatable bonds is 3. The Hall–Kier alpha value is -3.48. The Labute approximate surface area is 154 Å². The monoisotopic (exact) mass is 365 g/mol. The van der Waals surface area contributed by atoms with Crippen molar-refractivity contribution >= 4 is 11.9 Å². The molecule has 0 saturated heterocycles. The van der Waals surface area contributed by atoms with Crippen LogP contribution >= 0.6 is 0 Å². The van der Waals surface area contributed by atoms with E-state index in [4.69, 9.17) is 0 Å². The zero-order valence-corrected chi connectivity index (χ0v) is 14.2. The first kappa shape index (κ1) is 17.0. The fourth-order valence-electron chi connectivity index (χ4n) is 3.39. The maximum atomic E-state index is 13.1. The molecule has 6 nitrogen and oxygen atoms in total. The lowest BCUT2D eigenvalue weighted by Crippen LogP contribution is -2.43. The molecule has 1 aliphatic heterocycles. The molecular formula is C20H16FN3O3. The molecule has 4 rings (SSSR count). The maximum Gasteiger partial charge on any atom is 0.332 e. The van der Waals surface area contributed by atoms with Gasteiger partial charge in [-0.2, -0.15) is 0 Å². The summed E-state index contributed by atoms with van der Waals surface area (Å²) in [5.41, 5.74) is 3.02. The Morgan fingerprint density at radius 3 is 2.67 bits per heavy atom. The minimum absolute atomic E-state index is 0.284. The smallest absolute Gasteiger partial charge is 0.332 e. The van der Waals surface area contributed by atoms with Gasteiger partial charge in [-0.3, -0.25) is 4.79 Å². The number of carbonyl (C=O) groups excluding carboxylic acids is 1. The molecular weight excluding hydrogens is 349 g/mol. The number of aromatic nitrogens is 2. The van der Waals surface area contributed by atoms with Crippen molar-refractivity contribution < 1.29 is 19.1 Å². The molecule has 1 aromatic heterocycles. The number of hydrogen-bond acceptors (Lipinski definition) is 3. The van der Waals surface area contributed by atoms with Gasteiger partial charge in [0.15, 0.2) is 6.04 Å². The minimum Gasteiger partial charge on any atom is -0.479 e. The summed E-state index contributed by atoms with van der Waals surface area (Å²) in [7, 11) is 0. The van der Waals surface area contributed by atoms with Crippen LogP contribution in [0.1, 0.15) is 27.8 Å². The number of H-pyrrole nitrogens is 1. The normalized spacial score (nSPS) is 16.0. The number of imidazole rings is 1. The van der Waals surface area contributed by atoms with Gasteiger partial charge in [0.2, 0.25) is 0 Å². The minimum atomic E-state index is -1.12. The van der Waals surface area contributed by atoms with E-state index in [1.165, 1.54) is 23.4 Å². The third-order valence-corrected chi connectivity index (χ3v) is 4.71. The first-order valence-electron chi connectivity index (χ1n) is 8.46. The van der Waals surface area contributed by atoms with Gasteiger partial charge >= 0.3 is 5.97 Å². The van der Waals surface area contributed by atoms with Gasteiger partial charge in [0.05, 0.1) is 12.0 Å². The van der Waals surface area contributed by atoms with Crippen molar-refractivity contribution in [2.75, 3.05) is 6.54 Å². The molecule has 3 aromatic rings. The summed E-state index contributed by atoms with van der Waals surface area (Å²) in [6.07, 6.45) is 1.96. The van der Waals surface area contributed by atoms with E-state index in [0.717, 1.165) is 16.8 Å². The van der Waals surface area contributed by atoms with Gasteiger partial charge in [0.25, 0.3) is 5.91 Å². The summed E-state index contributed by atoms with van der Waals surface area (Å²) in [5, 5.41) is 9.64. The van der Waals surface area contributed by atoms with Gasteiger partial charge in [-0.15, -0.1) is 0 Å². The largest absolute Gasteiger partial charge is 0.479 e. The van der Waals surface area contributed by atoms with Crippen molar-refractivity contribution in [2.45, 2.75) is 12.5 Å². The number of carboxylic acids is 1. The fraction of sp³-hybridized carbons (Fsp3) is 0.150. The number of hydrogen-bond donors (Lipinski definition) is 2. The Morgan fingerprint density at radius 1 is 1.15 bits per heavy atom. The summed E-state index contributed by atoms with van der Waals surface area (Å²) < 4.78 is 13.1. The number of aliphatic carboxylic acids is 1. The highest BCUT2D eigenvalue weighted by Crippen LogP contribution is 2.30. The van der Waals surface area contributed by atoms with E-state index in [9.17, 15) is 19.1 Å². The van der Waals surface area contributed by atoms with Gasteiger partial charge in [-0.25, -0.2) is 14.2 Å². The molecule has 0 saturated carbocycles. The molecule has 0 radical (unpaired) electrons. The lowest BCUT2D eigenvalue weighted by Gasteiger charge is -2.32. The van der Waals surface area contributed by atoms with E-state index in [-0.39, 0.29) is 18.3 Å². The molecule has 7 heteroatoms. The van der Waals surface area contributed by atoms with E-state index in [1.54, 1.807) is 30.3 Å².